The Kier molecular flexibility index (Phi) is 12.4. The van der Waals surface area contributed by atoms with Crippen molar-refractivity contribution in [2.24, 2.45) is 5.92 Å². The van der Waals surface area contributed by atoms with Crippen LogP contribution >= 0.6 is 0 Å². The van der Waals surface area contributed by atoms with Gasteiger partial charge in [-0.1, -0.05) is 0 Å². The van der Waals surface area contributed by atoms with Crippen LogP contribution in [0, 0.1) is 5.92 Å². The molecule has 2 aliphatic rings. The van der Waals surface area contributed by atoms with Gasteiger partial charge >= 0.3 is 24.3 Å². The second kappa shape index (κ2) is 14.0. The number of methoxy groups -OCH3 is 2. The van der Waals surface area contributed by atoms with Crippen LogP contribution < -0.4 is 0 Å². The number of fused-ring (bicyclic) bond motifs is 1. The lowest BCUT2D eigenvalue weighted by atomic mass is 9.91. The van der Waals surface area contributed by atoms with Crippen LogP contribution in [-0.2, 0) is 29.1 Å². The first-order valence-corrected chi connectivity index (χ1v) is 12.2. The molecule has 2 fully saturated rings. The van der Waals surface area contributed by atoms with E-state index in [-0.39, 0.29) is 23.0 Å². The summed E-state index contributed by atoms with van der Waals surface area (Å²) in [5.41, 5.74) is 0. The Labute approximate surface area is 214 Å². The summed E-state index contributed by atoms with van der Waals surface area (Å²) in [6.07, 6.45) is -6.34. The van der Waals surface area contributed by atoms with Crippen molar-refractivity contribution in [1.29, 1.82) is 0 Å². The third-order valence-electron chi connectivity index (χ3n) is 5.53. The second-order valence-electron chi connectivity index (χ2n) is 7.96. The molecule has 0 spiro atoms. The summed E-state index contributed by atoms with van der Waals surface area (Å²) in [6, 6.07) is 3.20. The fourth-order valence-electron chi connectivity index (χ4n) is 3.83. The lowest BCUT2D eigenvalue weighted by Gasteiger charge is -2.40. The smallest absolute Gasteiger partial charge is 0.475 e. The van der Waals surface area contributed by atoms with Crippen molar-refractivity contribution in [3.05, 3.63) is 24.5 Å². The maximum Gasteiger partial charge on any atom is 0.490 e. The van der Waals surface area contributed by atoms with Crippen LogP contribution in [-0.4, -0.2) is 116 Å². The number of nitrogens with zero attached hydrogens (tertiary/aromatic N) is 3. The van der Waals surface area contributed by atoms with Crippen LogP contribution in [0.3, 0.4) is 0 Å². The second-order valence-corrected chi connectivity index (χ2v) is 9.85. The first kappa shape index (κ1) is 33.5. The molecular weight excluding hydrogens is 556 g/mol. The van der Waals surface area contributed by atoms with Crippen LogP contribution in [0.25, 0.3) is 0 Å². The average Bonchev–Trinajstić information content (AvgIpc) is 3.26. The van der Waals surface area contributed by atoms with Gasteiger partial charge < -0.3 is 19.7 Å². The van der Waals surface area contributed by atoms with Gasteiger partial charge in [-0.05, 0) is 18.6 Å². The Hall–Kier alpha value is -2.54. The standard InChI is InChI=1S/C16H25N3O4S.2C2HF3O2/c1-22-9-8-18-11-14-15(12-18)19(7-5-16(14)23-2)24(20,21)13-4-3-6-17-10-13;2*3-2(4,5)1(6)7/h3-4,6,10,14-16H,5,7-9,11-12H2,1-2H3;2*(H,6,7)/t14-,15+,16-;;/m0../s1. The van der Waals surface area contributed by atoms with Crippen molar-refractivity contribution in [3.8, 4) is 0 Å². The van der Waals surface area contributed by atoms with Gasteiger partial charge in [-0.15, -0.1) is 0 Å². The molecule has 1 aromatic heterocycles. The molecule has 11 nitrogen and oxygen atoms in total. The first-order chi connectivity index (χ1) is 17.5. The monoisotopic (exact) mass is 583 g/mol. The van der Waals surface area contributed by atoms with E-state index < -0.39 is 34.3 Å². The summed E-state index contributed by atoms with van der Waals surface area (Å²) in [5.74, 6) is -5.33. The number of carboxylic acids is 2. The fraction of sp³-hybridized carbons (Fsp3) is 0.650. The molecule has 3 rings (SSSR count). The van der Waals surface area contributed by atoms with E-state index in [2.05, 4.69) is 9.88 Å². The molecule has 3 atom stereocenters. The lowest BCUT2D eigenvalue weighted by molar-refractivity contribution is -0.193. The highest BCUT2D eigenvalue weighted by atomic mass is 32.2. The van der Waals surface area contributed by atoms with Crippen molar-refractivity contribution in [2.45, 2.75) is 35.8 Å². The topological polar surface area (TPSA) is 147 Å². The molecule has 38 heavy (non-hydrogen) atoms. The number of hydrogen-bond donors (Lipinski definition) is 2. The normalized spacial score (nSPS) is 22.4. The van der Waals surface area contributed by atoms with Gasteiger partial charge in [0.05, 0.1) is 12.7 Å². The van der Waals surface area contributed by atoms with Crippen LogP contribution in [0.2, 0.25) is 0 Å². The number of aliphatic carboxylic acids is 2. The minimum atomic E-state index is -5.08. The van der Waals surface area contributed by atoms with E-state index in [1.54, 1.807) is 36.9 Å². The fourth-order valence-corrected chi connectivity index (χ4v) is 5.47. The van der Waals surface area contributed by atoms with Gasteiger partial charge in [0, 0.05) is 64.8 Å². The Bertz CT molecular complexity index is 986. The predicted molar refractivity (Wildman–Crippen MR) is 117 cm³/mol. The minimum Gasteiger partial charge on any atom is -0.475 e. The summed E-state index contributed by atoms with van der Waals surface area (Å²) < 4.78 is 102. The molecule has 0 radical (unpaired) electrons. The molecule has 0 saturated carbocycles. The average molecular weight is 584 g/mol. The zero-order valence-electron chi connectivity index (χ0n) is 20.1. The molecule has 0 aromatic carbocycles. The number of hydrogen-bond acceptors (Lipinski definition) is 8. The number of carboxylic acid groups (broad SMARTS) is 2. The van der Waals surface area contributed by atoms with Crippen LogP contribution in [0.15, 0.2) is 29.4 Å². The van der Waals surface area contributed by atoms with E-state index in [4.69, 9.17) is 29.3 Å². The van der Waals surface area contributed by atoms with Gasteiger partial charge in [0.25, 0.3) is 0 Å². The molecular formula is C20H27F6N3O8S. The molecule has 0 aliphatic carbocycles. The van der Waals surface area contributed by atoms with Crippen molar-refractivity contribution in [2.75, 3.05) is 47.0 Å². The molecule has 0 amide bonds. The predicted octanol–water partition coefficient (Wildman–Crippen LogP) is 1.70. The van der Waals surface area contributed by atoms with E-state index in [0.717, 1.165) is 19.5 Å². The van der Waals surface area contributed by atoms with Gasteiger partial charge in [0.15, 0.2) is 0 Å². The Morgan fingerprint density at radius 1 is 1.08 bits per heavy atom. The van der Waals surface area contributed by atoms with Crippen LogP contribution in [0.1, 0.15) is 6.42 Å². The molecule has 3 heterocycles. The van der Waals surface area contributed by atoms with Crippen molar-refractivity contribution < 1.29 is 64.0 Å². The largest absolute Gasteiger partial charge is 0.490 e. The SMILES string of the molecule is COCCN1C[C@@H]2[C@@H](OC)CCN(S(=O)(=O)c3cccnc3)[C@@H]2C1.O=C(O)C(F)(F)F.O=C(O)C(F)(F)F. The third kappa shape index (κ3) is 9.64. The number of carbonyl (C=O) groups is 2. The van der Waals surface area contributed by atoms with E-state index in [0.29, 0.717) is 19.7 Å². The van der Waals surface area contributed by atoms with Gasteiger partial charge in [0.1, 0.15) is 4.90 Å². The van der Waals surface area contributed by atoms with Crippen molar-refractivity contribution in [3.63, 3.8) is 0 Å². The van der Waals surface area contributed by atoms with E-state index in [1.807, 2.05) is 0 Å². The summed E-state index contributed by atoms with van der Waals surface area (Å²) >= 11 is 0. The summed E-state index contributed by atoms with van der Waals surface area (Å²) in [7, 11) is -0.141. The maximum atomic E-state index is 13.0. The highest BCUT2D eigenvalue weighted by Crippen LogP contribution is 2.35. The minimum absolute atomic E-state index is 0.0641. The number of likely N-dealkylation sites (tertiary alicyclic amines) is 1. The Morgan fingerprint density at radius 3 is 2.05 bits per heavy atom. The number of alkyl halides is 6. The summed E-state index contributed by atoms with van der Waals surface area (Å²) in [6.45, 7) is 3.49. The third-order valence-corrected chi connectivity index (χ3v) is 7.44. The quantitative estimate of drug-likeness (QED) is 0.475. The maximum absolute atomic E-state index is 13.0. The summed E-state index contributed by atoms with van der Waals surface area (Å²) in [4.78, 5) is 24.3. The number of halogens is 6. The van der Waals surface area contributed by atoms with E-state index in [1.165, 1.54) is 6.20 Å². The molecule has 2 N–H and O–H groups in total. The number of ether oxygens (including phenoxy) is 2. The molecule has 0 unspecified atom stereocenters. The number of aromatic nitrogens is 1. The number of rotatable bonds is 6. The molecule has 1 aromatic rings. The zero-order valence-corrected chi connectivity index (χ0v) is 21.0. The molecule has 2 aliphatic heterocycles. The van der Waals surface area contributed by atoms with Gasteiger partial charge in [-0.25, -0.2) is 18.0 Å². The highest BCUT2D eigenvalue weighted by molar-refractivity contribution is 7.89. The zero-order chi connectivity index (χ0) is 29.3. The van der Waals surface area contributed by atoms with E-state index >= 15 is 0 Å². The lowest BCUT2D eigenvalue weighted by Crippen LogP contribution is -2.53. The van der Waals surface area contributed by atoms with Crippen molar-refractivity contribution in [1.82, 2.24) is 14.2 Å². The van der Waals surface area contributed by atoms with Gasteiger partial charge in [-0.2, -0.15) is 30.6 Å². The van der Waals surface area contributed by atoms with Gasteiger partial charge in [0.2, 0.25) is 10.0 Å². The number of pyridine rings is 1. The number of sulfonamides is 1. The highest BCUT2D eigenvalue weighted by Gasteiger charge is 2.48. The Morgan fingerprint density at radius 2 is 1.63 bits per heavy atom. The molecule has 18 heteroatoms. The Balaban J connectivity index is 0.000000426. The van der Waals surface area contributed by atoms with E-state index in [9.17, 15) is 34.8 Å². The summed E-state index contributed by atoms with van der Waals surface area (Å²) in [5, 5.41) is 14.2. The number of piperidine rings is 1. The molecule has 0 bridgehead atoms. The molecule has 218 valence electrons. The van der Waals surface area contributed by atoms with Crippen molar-refractivity contribution >= 4 is 22.0 Å². The van der Waals surface area contributed by atoms with Crippen LogP contribution in [0.4, 0.5) is 26.3 Å². The molecule has 2 saturated heterocycles. The van der Waals surface area contributed by atoms with Crippen LogP contribution in [0.5, 0.6) is 0 Å². The first-order valence-electron chi connectivity index (χ1n) is 10.7. The van der Waals surface area contributed by atoms with Gasteiger partial charge in [-0.3, -0.25) is 9.88 Å².